The maximum Gasteiger partial charge on any atom is 0.286 e. The van der Waals surface area contributed by atoms with Crippen LogP contribution in [0.2, 0.25) is 0 Å². The summed E-state index contributed by atoms with van der Waals surface area (Å²) >= 11 is 5.24. The molecule has 7 heteroatoms. The molecule has 14 heavy (non-hydrogen) atoms. The summed E-state index contributed by atoms with van der Waals surface area (Å²) in [5.74, 6) is -1.28. The molecule has 2 N–H and O–H groups in total. The van der Waals surface area contributed by atoms with Crippen LogP contribution >= 0.6 is 11.6 Å². The molecule has 0 fully saturated rings. The third kappa shape index (κ3) is 4.08. The van der Waals surface area contributed by atoms with Crippen molar-refractivity contribution in [2.24, 2.45) is 5.92 Å². The lowest BCUT2D eigenvalue weighted by molar-refractivity contribution is -0.117. The number of nitrogens with one attached hydrogen (secondary N) is 1. The molecule has 1 atom stereocenters. The Morgan fingerprint density at radius 1 is 1.50 bits per heavy atom. The molecule has 0 spiro atoms. The summed E-state index contributed by atoms with van der Waals surface area (Å²) in [4.78, 5) is 11.0. The summed E-state index contributed by atoms with van der Waals surface area (Å²) in [6, 6.07) is 0. The highest BCUT2D eigenvalue weighted by Crippen LogP contribution is 2.09. The summed E-state index contributed by atoms with van der Waals surface area (Å²) < 4.78 is 30.4. The number of carbonyl (C=O) groups is 1. The van der Waals surface area contributed by atoms with Gasteiger partial charge in [0.2, 0.25) is 0 Å². The van der Waals surface area contributed by atoms with Gasteiger partial charge < -0.3 is 5.32 Å². The highest BCUT2D eigenvalue weighted by molar-refractivity contribution is 7.86. The van der Waals surface area contributed by atoms with Crippen molar-refractivity contribution in [1.82, 2.24) is 5.32 Å². The third-order valence-corrected chi connectivity index (χ3v) is 2.92. The quantitative estimate of drug-likeness (QED) is 0.561. The zero-order valence-electron chi connectivity index (χ0n) is 7.82. The smallest absolute Gasteiger partial charge is 0.286 e. The predicted molar refractivity (Wildman–Crippen MR) is 53.3 cm³/mol. The van der Waals surface area contributed by atoms with E-state index in [4.69, 9.17) is 16.2 Å². The molecular formula is C7H12ClNO4S. The van der Waals surface area contributed by atoms with Gasteiger partial charge in [-0.05, 0) is 5.92 Å². The van der Waals surface area contributed by atoms with Gasteiger partial charge in [-0.15, -0.1) is 0 Å². The van der Waals surface area contributed by atoms with Crippen LogP contribution in [-0.4, -0.2) is 24.3 Å². The predicted octanol–water partition coefficient (Wildman–Crippen LogP) is 0.725. The lowest BCUT2D eigenvalue weighted by atomic mass is 10.2. The second-order valence-electron chi connectivity index (χ2n) is 3.06. The maximum atomic E-state index is 11.0. The van der Waals surface area contributed by atoms with Gasteiger partial charge >= 0.3 is 0 Å². The molecule has 1 amide bonds. The zero-order valence-corrected chi connectivity index (χ0v) is 9.39. The number of halogens is 1. The summed E-state index contributed by atoms with van der Waals surface area (Å²) in [5, 5.41) is 0.344. The van der Waals surface area contributed by atoms with E-state index in [0.717, 1.165) is 0 Å². The van der Waals surface area contributed by atoms with E-state index in [0.29, 0.717) is 0 Å². The van der Waals surface area contributed by atoms with Crippen LogP contribution in [0, 0.1) is 5.92 Å². The Labute approximate surface area is 87.9 Å². The van der Waals surface area contributed by atoms with Crippen molar-refractivity contribution >= 4 is 27.6 Å². The lowest BCUT2D eigenvalue weighted by Crippen LogP contribution is -2.44. The first kappa shape index (κ1) is 13.4. The zero-order chi connectivity index (χ0) is 11.5. The molecule has 1 unspecified atom stereocenters. The SMILES string of the molecule is C=C(Cl)C(=O)NC(C(C)C)S(=O)(=O)O. The summed E-state index contributed by atoms with van der Waals surface area (Å²) in [5.41, 5.74) is 0. The van der Waals surface area contributed by atoms with Crippen LogP contribution in [0.4, 0.5) is 0 Å². The van der Waals surface area contributed by atoms with Gasteiger partial charge in [-0.1, -0.05) is 32.0 Å². The average molecular weight is 242 g/mol. The number of hydrogen-bond donors (Lipinski definition) is 2. The fourth-order valence-corrected chi connectivity index (χ4v) is 1.79. The Bertz CT molecular complexity index is 336. The van der Waals surface area contributed by atoms with Crippen molar-refractivity contribution in [2.45, 2.75) is 19.2 Å². The highest BCUT2D eigenvalue weighted by Gasteiger charge is 2.28. The molecule has 0 radical (unpaired) electrons. The Hall–Kier alpha value is -0.590. The van der Waals surface area contributed by atoms with Crippen LogP contribution in [0.15, 0.2) is 11.6 Å². The second kappa shape index (κ2) is 4.77. The van der Waals surface area contributed by atoms with Crippen LogP contribution in [0.3, 0.4) is 0 Å². The summed E-state index contributed by atoms with van der Waals surface area (Å²) in [7, 11) is -4.32. The average Bonchev–Trinajstić information content (AvgIpc) is 1.96. The van der Waals surface area contributed by atoms with Crippen LogP contribution in [0.5, 0.6) is 0 Å². The molecule has 0 aromatic heterocycles. The third-order valence-electron chi connectivity index (χ3n) is 1.45. The van der Waals surface area contributed by atoms with Crippen molar-refractivity contribution in [3.63, 3.8) is 0 Å². The number of carbonyl (C=O) groups excluding carboxylic acids is 1. The molecule has 0 aliphatic heterocycles. The molecule has 0 bridgehead atoms. The fourth-order valence-electron chi connectivity index (χ4n) is 0.793. The molecule has 0 aliphatic rings. The van der Waals surface area contributed by atoms with Gasteiger partial charge in [-0.25, -0.2) is 0 Å². The molecule has 5 nitrogen and oxygen atoms in total. The van der Waals surface area contributed by atoms with E-state index in [2.05, 4.69) is 6.58 Å². The van der Waals surface area contributed by atoms with Gasteiger partial charge in [0.05, 0.1) is 5.03 Å². The van der Waals surface area contributed by atoms with Crippen molar-refractivity contribution in [2.75, 3.05) is 0 Å². The molecule has 0 aromatic carbocycles. The Morgan fingerprint density at radius 3 is 2.14 bits per heavy atom. The van der Waals surface area contributed by atoms with Crippen LogP contribution in [0.1, 0.15) is 13.8 Å². The monoisotopic (exact) mass is 241 g/mol. The van der Waals surface area contributed by atoms with Gasteiger partial charge in [0.15, 0.2) is 5.37 Å². The van der Waals surface area contributed by atoms with Gasteiger partial charge in [-0.3, -0.25) is 9.35 Å². The first-order valence-corrected chi connectivity index (χ1v) is 5.66. The van der Waals surface area contributed by atoms with Crippen molar-refractivity contribution in [3.05, 3.63) is 11.6 Å². The topological polar surface area (TPSA) is 83.5 Å². The summed E-state index contributed by atoms with van der Waals surface area (Å²) in [6.45, 7) is 6.20. The highest BCUT2D eigenvalue weighted by atomic mass is 35.5. The number of rotatable bonds is 4. The molecule has 0 aromatic rings. The van der Waals surface area contributed by atoms with E-state index < -0.39 is 27.3 Å². The van der Waals surface area contributed by atoms with Crippen LogP contribution in [0.25, 0.3) is 0 Å². The molecule has 0 saturated carbocycles. The van der Waals surface area contributed by atoms with E-state index in [1.807, 2.05) is 5.32 Å². The largest absolute Gasteiger partial charge is 0.332 e. The summed E-state index contributed by atoms with van der Waals surface area (Å²) in [6.07, 6.45) is 0. The van der Waals surface area contributed by atoms with Gasteiger partial charge in [0.25, 0.3) is 16.0 Å². The first-order valence-electron chi connectivity index (χ1n) is 3.77. The maximum absolute atomic E-state index is 11.0. The minimum Gasteiger partial charge on any atom is -0.332 e. The second-order valence-corrected chi connectivity index (χ2v) is 5.05. The molecule has 82 valence electrons. The van der Waals surface area contributed by atoms with Crippen LogP contribution in [-0.2, 0) is 14.9 Å². The van der Waals surface area contributed by atoms with Gasteiger partial charge in [-0.2, -0.15) is 8.42 Å². The lowest BCUT2D eigenvalue weighted by Gasteiger charge is -2.18. The molecule has 0 rings (SSSR count). The Morgan fingerprint density at radius 2 is 1.93 bits per heavy atom. The Balaban J connectivity index is 4.74. The van der Waals surface area contributed by atoms with Crippen molar-refractivity contribution in [1.29, 1.82) is 0 Å². The fraction of sp³-hybridized carbons (Fsp3) is 0.571. The van der Waals surface area contributed by atoms with E-state index in [9.17, 15) is 13.2 Å². The molecular weight excluding hydrogens is 230 g/mol. The van der Waals surface area contributed by atoms with Crippen molar-refractivity contribution in [3.8, 4) is 0 Å². The number of hydrogen-bond acceptors (Lipinski definition) is 3. The van der Waals surface area contributed by atoms with Gasteiger partial charge in [0, 0.05) is 0 Å². The normalized spacial score (nSPS) is 13.8. The van der Waals surface area contributed by atoms with E-state index in [1.165, 1.54) is 13.8 Å². The molecule has 0 aliphatic carbocycles. The molecule has 0 heterocycles. The minimum absolute atomic E-state index is 0.334. The van der Waals surface area contributed by atoms with Crippen LogP contribution < -0.4 is 5.32 Å². The Kier molecular flexibility index (Phi) is 4.57. The van der Waals surface area contributed by atoms with Crippen molar-refractivity contribution < 1.29 is 17.8 Å². The number of amides is 1. The molecule has 0 saturated heterocycles. The minimum atomic E-state index is -4.32. The van der Waals surface area contributed by atoms with E-state index >= 15 is 0 Å². The standard InChI is InChI=1S/C7H12ClNO4S/c1-4(2)7(14(11,12)13)9-6(10)5(3)8/h4,7H,3H2,1-2H3,(H,9,10)(H,11,12,13). The van der Waals surface area contributed by atoms with E-state index in [1.54, 1.807) is 0 Å². The van der Waals surface area contributed by atoms with Gasteiger partial charge in [0.1, 0.15) is 0 Å². The first-order chi connectivity index (χ1) is 6.16. The van der Waals surface area contributed by atoms with E-state index in [-0.39, 0.29) is 5.03 Å².